The zero-order chi connectivity index (χ0) is 16.2. The van der Waals surface area contributed by atoms with Gasteiger partial charge in [-0.1, -0.05) is 12.1 Å². The van der Waals surface area contributed by atoms with Crippen LogP contribution in [0, 0.1) is 0 Å². The molecular formula is C15H14F3NO3. The lowest BCUT2D eigenvalue weighted by Gasteiger charge is -2.23. The molecule has 0 aliphatic heterocycles. The predicted octanol–water partition coefficient (Wildman–Crippen LogP) is 3.49. The normalized spacial score (nSPS) is 11.3. The third kappa shape index (κ3) is 4.03. The number of carbonyl (C=O) groups excluding carboxylic acids is 1. The van der Waals surface area contributed by atoms with Crippen molar-refractivity contribution in [1.29, 1.82) is 0 Å². The minimum absolute atomic E-state index is 0.0702. The lowest BCUT2D eigenvalue weighted by molar-refractivity contribution is -0.142. The minimum Gasteiger partial charge on any atom is -0.496 e. The van der Waals surface area contributed by atoms with E-state index in [9.17, 15) is 18.0 Å². The Bertz CT molecular complexity index is 623. The molecule has 1 aromatic carbocycles. The first-order chi connectivity index (χ1) is 10.4. The summed E-state index contributed by atoms with van der Waals surface area (Å²) in [6.45, 7) is -1.64. The fraction of sp³-hybridized carbons (Fsp3) is 0.267. The lowest BCUT2D eigenvalue weighted by atomic mass is 10.1. The number of amides is 1. The summed E-state index contributed by atoms with van der Waals surface area (Å²) in [4.78, 5) is 13.1. The molecule has 0 spiro atoms. The fourth-order valence-electron chi connectivity index (χ4n) is 2.00. The number of rotatable bonds is 5. The number of benzene rings is 1. The van der Waals surface area contributed by atoms with Crippen molar-refractivity contribution in [2.24, 2.45) is 0 Å². The average Bonchev–Trinajstić information content (AvgIpc) is 2.97. The molecule has 2 rings (SSSR count). The maximum absolute atomic E-state index is 12.7. The smallest absolute Gasteiger partial charge is 0.406 e. The molecule has 0 unspecified atom stereocenters. The number of hydrogen-bond acceptors (Lipinski definition) is 3. The van der Waals surface area contributed by atoms with Crippen LogP contribution in [0.25, 0.3) is 0 Å². The number of para-hydroxylation sites is 1. The molecule has 0 aliphatic rings. The number of ether oxygens (including phenoxy) is 1. The molecule has 0 bridgehead atoms. The molecule has 7 heteroatoms. The van der Waals surface area contributed by atoms with Crippen LogP contribution >= 0.6 is 0 Å². The molecule has 118 valence electrons. The van der Waals surface area contributed by atoms with Crippen LogP contribution in [0.2, 0.25) is 0 Å². The van der Waals surface area contributed by atoms with Crippen LogP contribution in [0.1, 0.15) is 16.1 Å². The highest BCUT2D eigenvalue weighted by Gasteiger charge is 2.34. The molecule has 22 heavy (non-hydrogen) atoms. The molecule has 1 aromatic heterocycles. The number of alkyl halides is 3. The molecule has 0 saturated heterocycles. The minimum atomic E-state index is -4.51. The van der Waals surface area contributed by atoms with Crippen molar-refractivity contribution in [3.05, 3.63) is 54.0 Å². The van der Waals surface area contributed by atoms with Crippen LogP contribution in [0.15, 0.2) is 47.1 Å². The summed E-state index contributed by atoms with van der Waals surface area (Å²) < 4.78 is 48.3. The molecular weight excluding hydrogens is 299 g/mol. The Kier molecular flexibility index (Phi) is 4.75. The van der Waals surface area contributed by atoms with E-state index in [4.69, 9.17) is 9.15 Å². The second-order valence-corrected chi connectivity index (χ2v) is 4.56. The van der Waals surface area contributed by atoms with Gasteiger partial charge in [0.05, 0.1) is 25.5 Å². The molecule has 0 N–H and O–H groups in total. The Morgan fingerprint density at radius 1 is 1.23 bits per heavy atom. The van der Waals surface area contributed by atoms with Gasteiger partial charge in [-0.15, -0.1) is 0 Å². The van der Waals surface area contributed by atoms with E-state index < -0.39 is 18.6 Å². The number of methoxy groups -OCH3 is 1. The second-order valence-electron chi connectivity index (χ2n) is 4.56. The Hall–Kier alpha value is -2.44. The molecule has 1 heterocycles. The van der Waals surface area contributed by atoms with Crippen LogP contribution in [-0.2, 0) is 6.54 Å². The summed E-state index contributed by atoms with van der Waals surface area (Å²) >= 11 is 0. The maximum atomic E-state index is 12.7. The third-order valence-corrected chi connectivity index (χ3v) is 2.92. The van der Waals surface area contributed by atoms with Crippen molar-refractivity contribution < 1.29 is 27.1 Å². The van der Waals surface area contributed by atoms with Gasteiger partial charge in [-0.25, -0.2) is 0 Å². The van der Waals surface area contributed by atoms with Crippen molar-refractivity contribution >= 4 is 5.91 Å². The van der Waals surface area contributed by atoms with Gasteiger partial charge in [-0.05, 0) is 24.3 Å². The molecule has 0 aliphatic carbocycles. The van der Waals surface area contributed by atoms with Gasteiger partial charge >= 0.3 is 6.18 Å². The summed E-state index contributed by atoms with van der Waals surface area (Å²) in [5, 5.41) is 0. The molecule has 0 atom stereocenters. The first-order valence-electron chi connectivity index (χ1n) is 6.42. The van der Waals surface area contributed by atoms with Gasteiger partial charge in [-0.3, -0.25) is 4.79 Å². The van der Waals surface area contributed by atoms with Gasteiger partial charge < -0.3 is 14.1 Å². The van der Waals surface area contributed by atoms with Crippen LogP contribution < -0.4 is 4.74 Å². The third-order valence-electron chi connectivity index (χ3n) is 2.92. The highest BCUT2D eigenvalue weighted by atomic mass is 19.4. The van der Waals surface area contributed by atoms with E-state index in [1.165, 1.54) is 31.6 Å². The highest BCUT2D eigenvalue weighted by Crippen LogP contribution is 2.24. The molecule has 0 fully saturated rings. The predicted molar refractivity (Wildman–Crippen MR) is 72.5 cm³/mol. The van der Waals surface area contributed by atoms with Crippen molar-refractivity contribution in [3.63, 3.8) is 0 Å². The quantitative estimate of drug-likeness (QED) is 0.848. The molecule has 1 amide bonds. The topological polar surface area (TPSA) is 42.7 Å². The monoisotopic (exact) mass is 313 g/mol. The van der Waals surface area contributed by atoms with Crippen molar-refractivity contribution in [2.45, 2.75) is 12.7 Å². The summed E-state index contributed by atoms with van der Waals surface area (Å²) in [5.41, 5.74) is 0.0702. The first-order valence-corrected chi connectivity index (χ1v) is 6.42. The van der Waals surface area contributed by atoms with Gasteiger partial charge in [0.1, 0.15) is 18.1 Å². The number of carbonyl (C=O) groups is 1. The van der Waals surface area contributed by atoms with Crippen LogP contribution in [0.3, 0.4) is 0 Å². The van der Waals surface area contributed by atoms with Crippen LogP contribution in [0.4, 0.5) is 13.2 Å². The molecule has 0 saturated carbocycles. The zero-order valence-corrected chi connectivity index (χ0v) is 11.8. The lowest BCUT2D eigenvalue weighted by Crippen LogP contribution is -2.38. The Labute approximate surface area is 125 Å². The van der Waals surface area contributed by atoms with Crippen molar-refractivity contribution in [2.75, 3.05) is 13.7 Å². The first kappa shape index (κ1) is 15.9. The van der Waals surface area contributed by atoms with E-state index in [0.717, 1.165) is 0 Å². The number of furan rings is 1. The largest absolute Gasteiger partial charge is 0.496 e. The summed E-state index contributed by atoms with van der Waals surface area (Å²) in [5.74, 6) is -0.280. The zero-order valence-electron chi connectivity index (χ0n) is 11.8. The van der Waals surface area contributed by atoms with Crippen LogP contribution in [0.5, 0.6) is 5.75 Å². The van der Waals surface area contributed by atoms with Gasteiger partial charge in [0.2, 0.25) is 0 Å². The Morgan fingerprint density at radius 3 is 2.55 bits per heavy atom. The second kappa shape index (κ2) is 6.55. The van der Waals surface area contributed by atoms with Gasteiger partial charge in [-0.2, -0.15) is 13.2 Å². The number of halogens is 3. The SMILES string of the molecule is COc1ccccc1C(=O)N(Cc1ccco1)CC(F)(F)F. The summed E-state index contributed by atoms with van der Waals surface area (Å²) in [6.07, 6.45) is -3.17. The number of nitrogens with zero attached hydrogens (tertiary/aromatic N) is 1. The van der Waals surface area contributed by atoms with E-state index in [1.807, 2.05) is 0 Å². The number of hydrogen-bond donors (Lipinski definition) is 0. The van der Waals surface area contributed by atoms with Gasteiger partial charge in [0.25, 0.3) is 5.91 Å². The van der Waals surface area contributed by atoms with E-state index >= 15 is 0 Å². The Balaban J connectivity index is 2.29. The summed E-state index contributed by atoms with van der Waals surface area (Å²) in [6, 6.07) is 9.21. The Morgan fingerprint density at radius 2 is 1.95 bits per heavy atom. The maximum Gasteiger partial charge on any atom is 0.406 e. The molecule has 2 aromatic rings. The standard InChI is InChI=1S/C15H14F3NO3/c1-21-13-7-3-2-6-12(13)14(20)19(10-15(16,17)18)9-11-5-4-8-22-11/h2-8H,9-10H2,1H3. The van der Waals surface area contributed by atoms with E-state index in [-0.39, 0.29) is 23.6 Å². The fourth-order valence-corrected chi connectivity index (χ4v) is 2.00. The van der Waals surface area contributed by atoms with Gasteiger partial charge in [0.15, 0.2) is 0 Å². The van der Waals surface area contributed by atoms with Crippen LogP contribution in [-0.4, -0.2) is 30.6 Å². The van der Waals surface area contributed by atoms with E-state index in [0.29, 0.717) is 4.90 Å². The van der Waals surface area contributed by atoms with Crippen molar-refractivity contribution in [1.82, 2.24) is 4.90 Å². The highest BCUT2D eigenvalue weighted by molar-refractivity contribution is 5.96. The van der Waals surface area contributed by atoms with E-state index in [1.54, 1.807) is 18.2 Å². The van der Waals surface area contributed by atoms with E-state index in [2.05, 4.69) is 0 Å². The summed E-state index contributed by atoms with van der Waals surface area (Å²) in [7, 11) is 1.35. The molecule has 0 radical (unpaired) electrons. The van der Waals surface area contributed by atoms with Crippen molar-refractivity contribution in [3.8, 4) is 5.75 Å². The molecule has 4 nitrogen and oxygen atoms in total. The average molecular weight is 313 g/mol. The van der Waals surface area contributed by atoms with Gasteiger partial charge in [0, 0.05) is 0 Å².